The summed E-state index contributed by atoms with van der Waals surface area (Å²) >= 11 is 6.14. The van der Waals surface area contributed by atoms with Crippen LogP contribution in [0.2, 0.25) is 5.02 Å². The van der Waals surface area contributed by atoms with E-state index in [1.54, 1.807) is 0 Å². The topological polar surface area (TPSA) is 79.1 Å². The number of nitrogens with two attached hydrogens (primary N) is 1. The van der Waals surface area contributed by atoms with E-state index in [4.69, 9.17) is 17.3 Å². The molecule has 1 aliphatic carbocycles. The number of hydrogen-bond donors (Lipinski definition) is 3. The molecular formula is C15H17ClN2O2. The first-order chi connectivity index (χ1) is 9.51. The molecule has 1 aromatic heterocycles. The fourth-order valence-electron chi connectivity index (χ4n) is 3.24. The predicted octanol–water partition coefficient (Wildman–Crippen LogP) is 2.25. The van der Waals surface area contributed by atoms with Crippen molar-refractivity contribution in [1.82, 2.24) is 4.98 Å². The first kappa shape index (κ1) is 13.5. The number of primary amides is 1. The van der Waals surface area contributed by atoms with Gasteiger partial charge in [-0.05, 0) is 48.9 Å². The van der Waals surface area contributed by atoms with Crippen molar-refractivity contribution >= 4 is 28.4 Å². The van der Waals surface area contributed by atoms with Gasteiger partial charge < -0.3 is 15.8 Å². The number of carbonyl (C=O) groups excluding carboxylic acids is 1. The number of carbonyl (C=O) groups is 1. The highest BCUT2D eigenvalue weighted by Gasteiger charge is 2.33. The Morgan fingerprint density at radius 2 is 2.30 bits per heavy atom. The zero-order chi connectivity index (χ0) is 14.4. The zero-order valence-electron chi connectivity index (χ0n) is 11.2. The number of rotatable bonds is 2. The number of amides is 1. The summed E-state index contributed by atoms with van der Waals surface area (Å²) in [5.74, 6) is -0.639. The van der Waals surface area contributed by atoms with Crippen molar-refractivity contribution in [3.63, 3.8) is 0 Å². The Kier molecular flexibility index (Phi) is 3.22. The maximum atomic E-state index is 11.7. The number of aryl methyl sites for hydroxylation is 1. The fourth-order valence-corrected chi connectivity index (χ4v) is 3.51. The molecule has 0 aliphatic heterocycles. The van der Waals surface area contributed by atoms with Crippen LogP contribution in [0.25, 0.3) is 10.9 Å². The van der Waals surface area contributed by atoms with Gasteiger partial charge in [0.2, 0.25) is 5.91 Å². The number of aliphatic hydroxyl groups is 1. The minimum atomic E-state index is -0.360. The normalized spacial score (nSPS) is 21.9. The van der Waals surface area contributed by atoms with Gasteiger partial charge in [0, 0.05) is 28.2 Å². The van der Waals surface area contributed by atoms with Gasteiger partial charge in [0.05, 0.1) is 5.92 Å². The Balaban J connectivity index is 2.25. The van der Waals surface area contributed by atoms with Gasteiger partial charge in [-0.15, -0.1) is 0 Å². The summed E-state index contributed by atoms with van der Waals surface area (Å²) in [6, 6.07) is 3.81. The van der Waals surface area contributed by atoms with Crippen molar-refractivity contribution in [2.24, 2.45) is 11.7 Å². The van der Waals surface area contributed by atoms with Crippen LogP contribution < -0.4 is 5.73 Å². The van der Waals surface area contributed by atoms with Gasteiger partial charge in [-0.25, -0.2) is 0 Å². The molecule has 4 N–H and O–H groups in total. The average molecular weight is 293 g/mol. The highest BCUT2D eigenvalue weighted by Crippen LogP contribution is 2.40. The maximum Gasteiger partial charge on any atom is 0.226 e. The lowest BCUT2D eigenvalue weighted by molar-refractivity contribution is -0.120. The van der Waals surface area contributed by atoms with Crippen molar-refractivity contribution in [2.75, 3.05) is 6.61 Å². The predicted molar refractivity (Wildman–Crippen MR) is 78.9 cm³/mol. The Hall–Kier alpha value is -1.52. The summed E-state index contributed by atoms with van der Waals surface area (Å²) in [6.45, 7) is 2.05. The second-order valence-corrected chi connectivity index (χ2v) is 6.04. The number of aromatic nitrogens is 1. The van der Waals surface area contributed by atoms with E-state index in [0.29, 0.717) is 11.4 Å². The van der Waals surface area contributed by atoms with Crippen molar-refractivity contribution in [2.45, 2.75) is 25.7 Å². The first-order valence-electron chi connectivity index (χ1n) is 6.72. The standard InChI is InChI=1S/C15H17ClN2O2/c1-7-2-9(16)5-11-10-3-8(6-19)4-12(15(17)20)14(10)18-13(7)11/h2,5,8,12,18-19H,3-4,6H2,1H3,(H2,17,20). The maximum absolute atomic E-state index is 11.7. The van der Waals surface area contributed by atoms with Gasteiger partial charge in [-0.3, -0.25) is 4.79 Å². The molecule has 0 fully saturated rings. The molecule has 1 aliphatic rings. The summed E-state index contributed by atoms with van der Waals surface area (Å²) in [5.41, 5.74) is 9.53. The molecule has 0 saturated carbocycles. The van der Waals surface area contributed by atoms with E-state index in [9.17, 15) is 9.90 Å². The molecule has 2 aromatic rings. The molecule has 0 radical (unpaired) electrons. The molecule has 2 atom stereocenters. The van der Waals surface area contributed by atoms with E-state index in [2.05, 4.69) is 4.98 Å². The summed E-state index contributed by atoms with van der Waals surface area (Å²) in [4.78, 5) is 15.0. The van der Waals surface area contributed by atoms with Crippen LogP contribution in [0, 0.1) is 12.8 Å². The minimum Gasteiger partial charge on any atom is -0.396 e. The molecule has 1 aromatic carbocycles. The third-order valence-electron chi connectivity index (χ3n) is 4.22. The molecule has 3 rings (SSSR count). The number of aromatic amines is 1. The average Bonchev–Trinajstić information content (AvgIpc) is 2.76. The van der Waals surface area contributed by atoms with Crippen LogP contribution >= 0.6 is 11.6 Å². The summed E-state index contributed by atoms with van der Waals surface area (Å²) < 4.78 is 0. The van der Waals surface area contributed by atoms with Crippen LogP contribution in [0.5, 0.6) is 0 Å². The van der Waals surface area contributed by atoms with Gasteiger partial charge in [0.25, 0.3) is 0 Å². The van der Waals surface area contributed by atoms with E-state index in [0.717, 1.165) is 34.1 Å². The molecule has 0 spiro atoms. The van der Waals surface area contributed by atoms with E-state index < -0.39 is 0 Å². The van der Waals surface area contributed by atoms with Gasteiger partial charge in [-0.1, -0.05) is 11.6 Å². The second-order valence-electron chi connectivity index (χ2n) is 5.61. The Morgan fingerprint density at radius 1 is 1.55 bits per heavy atom. The van der Waals surface area contributed by atoms with Crippen molar-refractivity contribution < 1.29 is 9.90 Å². The lowest BCUT2D eigenvalue weighted by Gasteiger charge is -2.26. The van der Waals surface area contributed by atoms with Crippen molar-refractivity contribution in [3.8, 4) is 0 Å². The van der Waals surface area contributed by atoms with Gasteiger partial charge in [0.1, 0.15) is 0 Å². The molecule has 1 heterocycles. The minimum absolute atomic E-state index is 0.0649. The Bertz CT molecular complexity index is 693. The number of hydrogen-bond acceptors (Lipinski definition) is 2. The second kappa shape index (κ2) is 4.79. The van der Waals surface area contributed by atoms with Crippen LogP contribution in [-0.2, 0) is 11.2 Å². The highest BCUT2D eigenvalue weighted by atomic mass is 35.5. The van der Waals surface area contributed by atoms with Gasteiger partial charge in [-0.2, -0.15) is 0 Å². The van der Waals surface area contributed by atoms with Gasteiger partial charge in [0.15, 0.2) is 0 Å². The molecule has 1 amide bonds. The number of aliphatic hydroxyl groups excluding tert-OH is 1. The van der Waals surface area contributed by atoms with Crippen molar-refractivity contribution in [3.05, 3.63) is 34.0 Å². The van der Waals surface area contributed by atoms with Crippen LogP contribution in [0.15, 0.2) is 12.1 Å². The molecule has 20 heavy (non-hydrogen) atoms. The SMILES string of the molecule is Cc1cc(Cl)cc2c3c([nH]c12)C(C(N)=O)CC(CO)C3. The third-order valence-corrected chi connectivity index (χ3v) is 4.44. The molecule has 106 valence electrons. The number of nitrogens with one attached hydrogen (secondary N) is 1. The molecule has 4 nitrogen and oxygen atoms in total. The summed E-state index contributed by atoms with van der Waals surface area (Å²) in [5, 5.41) is 11.2. The lowest BCUT2D eigenvalue weighted by atomic mass is 9.79. The highest BCUT2D eigenvalue weighted by molar-refractivity contribution is 6.31. The summed E-state index contributed by atoms with van der Waals surface area (Å²) in [6.07, 6.45) is 1.34. The van der Waals surface area contributed by atoms with E-state index >= 15 is 0 Å². The van der Waals surface area contributed by atoms with Crippen LogP contribution in [0.1, 0.15) is 29.2 Å². The van der Waals surface area contributed by atoms with Crippen LogP contribution in [-0.4, -0.2) is 22.6 Å². The van der Waals surface area contributed by atoms with Gasteiger partial charge >= 0.3 is 0 Å². The number of fused-ring (bicyclic) bond motifs is 3. The van der Waals surface area contributed by atoms with Crippen LogP contribution in [0.3, 0.4) is 0 Å². The molecule has 5 heteroatoms. The summed E-state index contributed by atoms with van der Waals surface area (Å²) in [7, 11) is 0. The van der Waals surface area contributed by atoms with Crippen molar-refractivity contribution in [1.29, 1.82) is 0 Å². The smallest absolute Gasteiger partial charge is 0.226 e. The first-order valence-corrected chi connectivity index (χ1v) is 7.09. The molecule has 0 bridgehead atoms. The molecule has 2 unspecified atom stereocenters. The number of benzene rings is 1. The Morgan fingerprint density at radius 3 is 2.95 bits per heavy atom. The largest absolute Gasteiger partial charge is 0.396 e. The van der Waals surface area contributed by atoms with E-state index in [-0.39, 0.29) is 24.3 Å². The molecular weight excluding hydrogens is 276 g/mol. The zero-order valence-corrected chi connectivity index (χ0v) is 12.0. The quantitative estimate of drug-likeness (QED) is 0.794. The third kappa shape index (κ3) is 2.00. The van der Waals surface area contributed by atoms with Crippen LogP contribution in [0.4, 0.5) is 0 Å². The number of H-pyrrole nitrogens is 1. The van der Waals surface area contributed by atoms with E-state index in [1.165, 1.54) is 0 Å². The van der Waals surface area contributed by atoms with E-state index in [1.807, 2.05) is 19.1 Å². The molecule has 0 saturated heterocycles. The Labute approximate surface area is 121 Å². The fraction of sp³-hybridized carbons (Fsp3) is 0.400. The lowest BCUT2D eigenvalue weighted by Crippen LogP contribution is -2.30. The number of halogens is 1. The monoisotopic (exact) mass is 292 g/mol.